The topological polar surface area (TPSA) is 62.6 Å². The fourth-order valence-corrected chi connectivity index (χ4v) is 5.74. The van der Waals surface area contributed by atoms with E-state index in [1.807, 2.05) is 18.2 Å². The molecule has 0 aromatic heterocycles. The van der Waals surface area contributed by atoms with Crippen LogP contribution in [0.4, 0.5) is 31.1 Å². The molecule has 1 aliphatic heterocycles. The van der Waals surface area contributed by atoms with Gasteiger partial charge >= 0.3 is 18.4 Å². The number of methoxy groups -OCH3 is 1. The summed E-state index contributed by atoms with van der Waals surface area (Å²) in [6.45, 7) is 5.84. The number of cyclic esters (lactones) is 1. The first-order valence-electron chi connectivity index (χ1n) is 13.6. The molecule has 2 atom stereocenters. The van der Waals surface area contributed by atoms with Gasteiger partial charge in [-0.3, -0.25) is 4.90 Å². The van der Waals surface area contributed by atoms with Crippen LogP contribution in [-0.4, -0.2) is 30.7 Å². The first kappa shape index (κ1) is 31.3. The molecule has 0 spiro atoms. The molecule has 11 heteroatoms. The third kappa shape index (κ3) is 6.69. The van der Waals surface area contributed by atoms with Crippen LogP contribution < -0.4 is 4.74 Å². The molecule has 0 unspecified atom stereocenters. The number of rotatable bonds is 7. The molecular formula is C31H32F6N2O3. The molecule has 1 fully saturated rings. The number of nitrogens with zero attached hydrogens (tertiary/aromatic N) is 2. The number of ether oxygens (including phenoxy) is 2. The highest BCUT2D eigenvalue weighted by molar-refractivity contribution is 5.77. The molecule has 1 heterocycles. The summed E-state index contributed by atoms with van der Waals surface area (Å²) in [4.78, 5) is 14.4. The highest BCUT2D eigenvalue weighted by Crippen LogP contribution is 2.46. The van der Waals surface area contributed by atoms with E-state index < -0.39 is 41.7 Å². The first-order valence-corrected chi connectivity index (χ1v) is 13.6. The largest absolute Gasteiger partial charge is 0.496 e. The summed E-state index contributed by atoms with van der Waals surface area (Å²) in [7, 11) is 1.55. The average Bonchev–Trinajstić information content (AvgIpc) is 3.18. The zero-order valence-electron chi connectivity index (χ0n) is 23.7. The highest BCUT2D eigenvalue weighted by atomic mass is 19.4. The molecule has 1 amide bonds. The van der Waals surface area contributed by atoms with Crippen molar-refractivity contribution in [2.45, 2.75) is 77.4 Å². The van der Waals surface area contributed by atoms with Crippen LogP contribution in [0.5, 0.6) is 5.75 Å². The van der Waals surface area contributed by atoms with Crippen molar-refractivity contribution in [3.63, 3.8) is 0 Å². The quantitative estimate of drug-likeness (QED) is 0.301. The number of carbonyl (C=O) groups is 1. The molecule has 0 radical (unpaired) electrons. The Morgan fingerprint density at radius 1 is 1.07 bits per heavy atom. The number of alkyl halides is 6. The Labute approximate surface area is 240 Å². The van der Waals surface area contributed by atoms with E-state index in [9.17, 15) is 31.1 Å². The molecule has 5 nitrogen and oxygen atoms in total. The molecule has 4 rings (SSSR count). The predicted molar refractivity (Wildman–Crippen MR) is 143 cm³/mol. The average molecular weight is 595 g/mol. The van der Waals surface area contributed by atoms with Gasteiger partial charge in [0.2, 0.25) is 0 Å². The fourth-order valence-electron chi connectivity index (χ4n) is 5.74. The Morgan fingerprint density at radius 2 is 1.71 bits per heavy atom. The lowest BCUT2D eigenvalue weighted by atomic mass is 9.72. The Kier molecular flexibility index (Phi) is 8.59. The number of hydrogen-bond acceptors (Lipinski definition) is 4. The van der Waals surface area contributed by atoms with Crippen LogP contribution in [0.1, 0.15) is 80.4 Å². The fraction of sp³-hybridized carbons (Fsp3) is 0.484. The lowest BCUT2D eigenvalue weighted by Gasteiger charge is -2.36. The van der Waals surface area contributed by atoms with Crippen molar-refractivity contribution in [2.75, 3.05) is 13.7 Å². The summed E-state index contributed by atoms with van der Waals surface area (Å²) in [6.07, 6.45) is -9.16. The van der Waals surface area contributed by atoms with Gasteiger partial charge in [-0.15, -0.1) is 0 Å². The number of hydrogen-bond donors (Lipinski definition) is 0. The van der Waals surface area contributed by atoms with Crippen LogP contribution in [0.2, 0.25) is 0 Å². The van der Waals surface area contributed by atoms with Gasteiger partial charge in [0.05, 0.1) is 30.3 Å². The number of aryl methyl sites for hydroxylation is 1. The van der Waals surface area contributed by atoms with E-state index >= 15 is 0 Å². The number of carbonyl (C=O) groups excluding carboxylic acids is 1. The predicted octanol–water partition coefficient (Wildman–Crippen LogP) is 8.73. The van der Waals surface area contributed by atoms with Gasteiger partial charge in [0.25, 0.3) is 0 Å². The maximum absolute atomic E-state index is 13.5. The Hall–Kier alpha value is -3.68. The molecule has 1 aliphatic carbocycles. The molecule has 0 saturated carbocycles. The Bertz CT molecular complexity index is 1390. The van der Waals surface area contributed by atoms with Crippen molar-refractivity contribution < 1.29 is 40.6 Å². The number of halogens is 6. The maximum Gasteiger partial charge on any atom is 0.416 e. The molecule has 226 valence electrons. The summed E-state index contributed by atoms with van der Waals surface area (Å²) in [5.41, 5.74) is 0.252. The van der Waals surface area contributed by atoms with Gasteiger partial charge in [0, 0.05) is 18.5 Å². The van der Waals surface area contributed by atoms with E-state index in [4.69, 9.17) is 14.7 Å². The van der Waals surface area contributed by atoms with Gasteiger partial charge in [-0.05, 0) is 90.6 Å². The van der Waals surface area contributed by atoms with E-state index in [-0.39, 0.29) is 23.6 Å². The summed E-state index contributed by atoms with van der Waals surface area (Å²) >= 11 is 0. The normalized spacial score (nSPS) is 20.9. The SMILES string of the molecule is COc1ccc(CCC#N)cc1C1=C(CN2C(=O)O[C@H](c3cc(C(F)(F)F)cc(C(F)(F)F)c3)[C@@H]2C)CC(C)(C)CC1. The van der Waals surface area contributed by atoms with Crippen molar-refractivity contribution >= 4 is 11.7 Å². The van der Waals surface area contributed by atoms with Crippen molar-refractivity contribution in [3.05, 3.63) is 69.8 Å². The summed E-state index contributed by atoms with van der Waals surface area (Å²) in [6, 6.07) is 8.27. The smallest absolute Gasteiger partial charge is 0.416 e. The molecule has 2 aromatic rings. The zero-order chi connectivity index (χ0) is 31.0. The summed E-state index contributed by atoms with van der Waals surface area (Å²) < 4.78 is 92.1. The van der Waals surface area contributed by atoms with Crippen molar-refractivity contribution in [1.82, 2.24) is 4.90 Å². The minimum absolute atomic E-state index is 0.0576. The van der Waals surface area contributed by atoms with Crippen LogP contribution in [0.3, 0.4) is 0 Å². The monoisotopic (exact) mass is 594 g/mol. The number of benzene rings is 2. The van der Waals surface area contributed by atoms with Gasteiger partial charge in [-0.25, -0.2) is 4.79 Å². The molecule has 2 aliphatic rings. The van der Waals surface area contributed by atoms with E-state index in [0.29, 0.717) is 43.6 Å². The third-order valence-corrected chi connectivity index (χ3v) is 7.98. The van der Waals surface area contributed by atoms with E-state index in [1.165, 1.54) is 4.90 Å². The van der Waals surface area contributed by atoms with Gasteiger partial charge < -0.3 is 9.47 Å². The minimum Gasteiger partial charge on any atom is -0.496 e. The molecule has 2 aromatic carbocycles. The standard InChI is InChI=1S/C31H32F6N2O3/c1-18-27(20-13-22(30(32,33)34)15-23(14-20)31(35,36)37)42-28(40)39(18)17-21-16-29(2,3)10-9-24(21)25-12-19(6-5-11-38)7-8-26(25)41-4/h7-8,12-15,18,27H,5-6,9-10,16-17H2,1-4H3/t18-,27-/m0/s1. The van der Waals surface area contributed by atoms with E-state index in [2.05, 4.69) is 19.9 Å². The van der Waals surface area contributed by atoms with Crippen molar-refractivity contribution in [2.24, 2.45) is 5.41 Å². The first-order chi connectivity index (χ1) is 19.5. The van der Waals surface area contributed by atoms with Crippen LogP contribution in [0, 0.1) is 16.7 Å². The maximum atomic E-state index is 13.5. The van der Waals surface area contributed by atoms with E-state index in [0.717, 1.165) is 28.7 Å². The summed E-state index contributed by atoms with van der Waals surface area (Å²) in [5, 5.41) is 9.02. The number of allylic oxidation sites excluding steroid dienone is 1. The number of amides is 1. The molecule has 0 N–H and O–H groups in total. The summed E-state index contributed by atoms with van der Waals surface area (Å²) in [5.74, 6) is 0.626. The van der Waals surface area contributed by atoms with Gasteiger partial charge in [0.1, 0.15) is 11.9 Å². The van der Waals surface area contributed by atoms with Crippen LogP contribution >= 0.6 is 0 Å². The Morgan fingerprint density at radius 3 is 2.29 bits per heavy atom. The second-order valence-corrected chi connectivity index (χ2v) is 11.6. The van der Waals surface area contributed by atoms with E-state index in [1.54, 1.807) is 14.0 Å². The van der Waals surface area contributed by atoms with Crippen LogP contribution in [0.25, 0.3) is 5.57 Å². The third-order valence-electron chi connectivity index (χ3n) is 7.98. The van der Waals surface area contributed by atoms with Crippen molar-refractivity contribution in [3.8, 4) is 11.8 Å². The second-order valence-electron chi connectivity index (χ2n) is 11.6. The number of nitriles is 1. The highest BCUT2D eigenvalue weighted by Gasteiger charge is 2.44. The lowest BCUT2D eigenvalue weighted by molar-refractivity contribution is -0.143. The lowest BCUT2D eigenvalue weighted by Crippen LogP contribution is -2.35. The molecular weight excluding hydrogens is 562 g/mol. The second kappa shape index (κ2) is 11.5. The van der Waals surface area contributed by atoms with Crippen LogP contribution in [-0.2, 0) is 23.5 Å². The van der Waals surface area contributed by atoms with Crippen molar-refractivity contribution in [1.29, 1.82) is 5.26 Å². The molecule has 0 bridgehead atoms. The van der Waals surface area contributed by atoms with Gasteiger partial charge in [0.15, 0.2) is 0 Å². The Balaban J connectivity index is 1.73. The van der Waals surface area contributed by atoms with Gasteiger partial charge in [-0.2, -0.15) is 31.6 Å². The van der Waals surface area contributed by atoms with Crippen LogP contribution in [0.15, 0.2) is 42.0 Å². The molecule has 1 saturated heterocycles. The minimum atomic E-state index is -5.02. The van der Waals surface area contributed by atoms with Gasteiger partial charge in [-0.1, -0.05) is 19.9 Å². The zero-order valence-corrected chi connectivity index (χ0v) is 23.7. The molecule has 42 heavy (non-hydrogen) atoms.